The summed E-state index contributed by atoms with van der Waals surface area (Å²) < 4.78 is 7.97. The van der Waals surface area contributed by atoms with Gasteiger partial charge in [-0.3, -0.25) is 23.5 Å². The molecular formula is C26H28N4O5. The summed E-state index contributed by atoms with van der Waals surface area (Å²) in [5.74, 6) is -0.796. The Bertz CT molecular complexity index is 1320. The molecule has 0 radical (unpaired) electrons. The van der Waals surface area contributed by atoms with Gasteiger partial charge >= 0.3 is 5.69 Å². The normalized spacial score (nSPS) is 17.7. The van der Waals surface area contributed by atoms with Crippen molar-refractivity contribution < 1.29 is 14.3 Å². The van der Waals surface area contributed by atoms with Crippen molar-refractivity contribution >= 4 is 17.5 Å². The van der Waals surface area contributed by atoms with Crippen LogP contribution in [0.2, 0.25) is 0 Å². The number of hydrogen-bond donors (Lipinski definition) is 1. The Balaban J connectivity index is 1.52. The Morgan fingerprint density at radius 2 is 1.60 bits per heavy atom. The van der Waals surface area contributed by atoms with Crippen LogP contribution in [0.15, 0.2) is 76.4 Å². The van der Waals surface area contributed by atoms with Crippen LogP contribution in [0.25, 0.3) is 0 Å². The highest BCUT2D eigenvalue weighted by Crippen LogP contribution is 2.20. The van der Waals surface area contributed by atoms with Crippen molar-refractivity contribution in [1.29, 1.82) is 0 Å². The zero-order chi connectivity index (χ0) is 24.9. The smallest absolute Gasteiger partial charge is 0.331 e. The number of benzene rings is 2. The van der Waals surface area contributed by atoms with Crippen LogP contribution in [0.3, 0.4) is 0 Å². The lowest BCUT2D eigenvalue weighted by Crippen LogP contribution is -2.48. The van der Waals surface area contributed by atoms with Crippen LogP contribution >= 0.6 is 0 Å². The van der Waals surface area contributed by atoms with Crippen molar-refractivity contribution in [3.8, 4) is 0 Å². The highest BCUT2D eigenvalue weighted by Gasteiger charge is 2.28. The van der Waals surface area contributed by atoms with Crippen LogP contribution in [0.4, 0.5) is 5.69 Å². The van der Waals surface area contributed by atoms with Crippen molar-refractivity contribution in [2.45, 2.75) is 39.1 Å². The number of ether oxygens (including phenoxy) is 1. The first-order chi connectivity index (χ1) is 16.8. The molecule has 35 heavy (non-hydrogen) atoms. The van der Waals surface area contributed by atoms with E-state index in [9.17, 15) is 19.2 Å². The molecule has 1 fully saturated rings. The zero-order valence-corrected chi connectivity index (χ0v) is 19.7. The lowest BCUT2D eigenvalue weighted by Gasteiger charge is -2.35. The number of hydrogen-bond acceptors (Lipinski definition) is 5. The Morgan fingerprint density at radius 1 is 0.943 bits per heavy atom. The van der Waals surface area contributed by atoms with E-state index in [1.165, 1.54) is 16.8 Å². The average Bonchev–Trinajstić information content (AvgIpc) is 2.83. The number of nitrogens with one attached hydrogen (secondary N) is 1. The fraction of sp³-hybridized carbons (Fsp3) is 0.308. The topological polar surface area (TPSA) is 103 Å². The molecule has 2 atom stereocenters. The molecule has 1 aliphatic rings. The Labute approximate surface area is 202 Å². The molecule has 3 aromatic rings. The predicted molar refractivity (Wildman–Crippen MR) is 131 cm³/mol. The summed E-state index contributed by atoms with van der Waals surface area (Å²) in [7, 11) is 0. The molecule has 9 heteroatoms. The van der Waals surface area contributed by atoms with Crippen LogP contribution in [-0.4, -0.2) is 51.1 Å². The fourth-order valence-electron chi connectivity index (χ4n) is 4.23. The molecule has 182 valence electrons. The Kier molecular flexibility index (Phi) is 7.26. The molecular weight excluding hydrogens is 448 g/mol. The molecule has 1 aromatic heterocycles. The monoisotopic (exact) mass is 476 g/mol. The molecule has 2 unspecified atom stereocenters. The lowest BCUT2D eigenvalue weighted by atomic mass is 10.1. The summed E-state index contributed by atoms with van der Waals surface area (Å²) in [6.45, 7) is 4.52. The molecule has 1 aliphatic heterocycles. The maximum atomic E-state index is 13.2. The molecule has 9 nitrogen and oxygen atoms in total. The molecule has 1 N–H and O–H groups in total. The molecule has 4 rings (SSSR count). The number of para-hydroxylation sites is 1. The van der Waals surface area contributed by atoms with Gasteiger partial charge in [-0.15, -0.1) is 0 Å². The van der Waals surface area contributed by atoms with E-state index >= 15 is 0 Å². The van der Waals surface area contributed by atoms with Gasteiger partial charge in [0.05, 0.1) is 30.0 Å². The summed E-state index contributed by atoms with van der Waals surface area (Å²) in [4.78, 5) is 53.0. The molecule has 2 aromatic carbocycles. The molecule has 2 amide bonds. The van der Waals surface area contributed by atoms with Gasteiger partial charge in [0.25, 0.3) is 11.5 Å². The number of morpholine rings is 1. The van der Waals surface area contributed by atoms with Crippen LogP contribution in [0, 0.1) is 0 Å². The summed E-state index contributed by atoms with van der Waals surface area (Å²) in [6, 6.07) is 17.3. The SMILES string of the molecule is CC1CN(C(=O)c2ccccc2NC(=O)Cn2c(=O)ccn(Cc3ccccc3)c2=O)CC(C)O1. The third-order valence-electron chi connectivity index (χ3n) is 5.78. The minimum atomic E-state index is -0.586. The predicted octanol–water partition coefficient (Wildman–Crippen LogP) is 1.95. The van der Waals surface area contributed by atoms with Crippen molar-refractivity contribution in [3.63, 3.8) is 0 Å². The minimum absolute atomic E-state index is 0.0903. The van der Waals surface area contributed by atoms with Gasteiger partial charge in [0, 0.05) is 25.4 Å². The second-order valence-corrected chi connectivity index (χ2v) is 8.70. The van der Waals surface area contributed by atoms with Crippen molar-refractivity contribution in [2.24, 2.45) is 0 Å². The molecule has 0 spiro atoms. The number of carbonyl (C=O) groups is 2. The van der Waals surface area contributed by atoms with Crippen molar-refractivity contribution in [1.82, 2.24) is 14.0 Å². The Hall–Kier alpha value is -3.98. The zero-order valence-electron chi connectivity index (χ0n) is 19.7. The van der Waals surface area contributed by atoms with Gasteiger partial charge in [0.15, 0.2) is 0 Å². The number of anilines is 1. The first-order valence-corrected chi connectivity index (χ1v) is 11.5. The summed E-state index contributed by atoms with van der Waals surface area (Å²) in [5.41, 5.74) is 0.391. The second-order valence-electron chi connectivity index (χ2n) is 8.70. The standard InChI is InChI=1S/C26H28N4O5/c1-18-14-29(15-19(2)35-18)25(33)21-10-6-7-11-22(21)27-23(31)17-30-24(32)12-13-28(26(30)34)16-20-8-4-3-5-9-20/h3-13,18-19H,14-17H2,1-2H3,(H,27,31). The minimum Gasteiger partial charge on any atom is -0.372 e. The first kappa shape index (κ1) is 24.2. The number of carbonyl (C=O) groups excluding carboxylic acids is 2. The van der Waals surface area contributed by atoms with Gasteiger partial charge in [0.2, 0.25) is 5.91 Å². The van der Waals surface area contributed by atoms with Gasteiger partial charge in [-0.25, -0.2) is 4.79 Å². The molecule has 1 saturated heterocycles. The third-order valence-corrected chi connectivity index (χ3v) is 5.78. The summed E-state index contributed by atoms with van der Waals surface area (Å²) in [5, 5.41) is 2.70. The van der Waals surface area contributed by atoms with Gasteiger partial charge < -0.3 is 15.0 Å². The lowest BCUT2D eigenvalue weighted by molar-refractivity contribution is -0.116. The number of aromatic nitrogens is 2. The summed E-state index contributed by atoms with van der Waals surface area (Å²) >= 11 is 0. The number of rotatable bonds is 6. The maximum absolute atomic E-state index is 13.2. The van der Waals surface area contributed by atoms with Crippen LogP contribution in [0.1, 0.15) is 29.8 Å². The molecule has 0 aliphatic carbocycles. The number of amides is 2. The largest absolute Gasteiger partial charge is 0.372 e. The van der Waals surface area contributed by atoms with Gasteiger partial charge in [0.1, 0.15) is 6.54 Å². The highest BCUT2D eigenvalue weighted by molar-refractivity contribution is 6.03. The van der Waals surface area contributed by atoms with E-state index in [4.69, 9.17) is 4.74 Å². The van der Waals surface area contributed by atoms with Crippen molar-refractivity contribution in [2.75, 3.05) is 18.4 Å². The number of nitrogens with zero attached hydrogens (tertiary/aromatic N) is 3. The first-order valence-electron chi connectivity index (χ1n) is 11.5. The fourth-order valence-corrected chi connectivity index (χ4v) is 4.23. The van der Waals surface area contributed by atoms with E-state index in [1.807, 2.05) is 44.2 Å². The van der Waals surface area contributed by atoms with Crippen LogP contribution in [-0.2, 0) is 22.6 Å². The van der Waals surface area contributed by atoms with Gasteiger partial charge in [-0.05, 0) is 31.5 Å². The van der Waals surface area contributed by atoms with Gasteiger partial charge in [-0.2, -0.15) is 0 Å². The maximum Gasteiger partial charge on any atom is 0.331 e. The molecule has 0 bridgehead atoms. The average molecular weight is 477 g/mol. The van der Waals surface area contributed by atoms with E-state index in [1.54, 1.807) is 29.2 Å². The third kappa shape index (κ3) is 5.75. The van der Waals surface area contributed by atoms with E-state index in [-0.39, 0.29) is 24.7 Å². The molecule has 2 heterocycles. The highest BCUT2D eigenvalue weighted by atomic mass is 16.5. The van der Waals surface area contributed by atoms with E-state index in [0.717, 1.165) is 10.1 Å². The van der Waals surface area contributed by atoms with Gasteiger partial charge in [-0.1, -0.05) is 42.5 Å². The van der Waals surface area contributed by atoms with Crippen LogP contribution < -0.4 is 16.6 Å². The van der Waals surface area contributed by atoms with E-state index < -0.39 is 23.7 Å². The quantitative estimate of drug-likeness (QED) is 0.586. The van der Waals surface area contributed by atoms with Crippen LogP contribution in [0.5, 0.6) is 0 Å². The Morgan fingerprint density at radius 3 is 2.31 bits per heavy atom. The molecule has 0 saturated carbocycles. The van der Waals surface area contributed by atoms with E-state index in [2.05, 4.69) is 5.32 Å². The van der Waals surface area contributed by atoms with E-state index in [0.29, 0.717) is 24.3 Å². The summed E-state index contributed by atoms with van der Waals surface area (Å²) in [6.07, 6.45) is 1.24. The second kappa shape index (κ2) is 10.5. The van der Waals surface area contributed by atoms with Crippen molar-refractivity contribution in [3.05, 3.63) is 98.8 Å².